The Kier molecular flexibility index (Phi) is 4.42. The van der Waals surface area contributed by atoms with Crippen LogP contribution in [-0.2, 0) is 0 Å². The van der Waals surface area contributed by atoms with Gasteiger partial charge < -0.3 is 15.8 Å². The highest BCUT2D eigenvalue weighted by molar-refractivity contribution is 7.80. The first-order valence-electron chi connectivity index (χ1n) is 5.71. The minimum atomic E-state index is -0.485. The smallest absolute Gasteiger partial charge is 0.135 e. The van der Waals surface area contributed by atoms with Gasteiger partial charge in [0.15, 0.2) is 0 Å². The van der Waals surface area contributed by atoms with E-state index in [1.807, 2.05) is 0 Å². The van der Waals surface area contributed by atoms with E-state index in [-0.39, 0.29) is 10.6 Å². The van der Waals surface area contributed by atoms with Crippen molar-refractivity contribution in [1.29, 1.82) is 0 Å². The van der Waals surface area contributed by atoms with Gasteiger partial charge in [0.25, 0.3) is 0 Å². The molecule has 6 heteroatoms. The number of anilines is 2. The molecule has 20 heavy (non-hydrogen) atoms. The van der Waals surface area contributed by atoms with Gasteiger partial charge in [0, 0.05) is 17.3 Å². The predicted octanol–water partition coefficient (Wildman–Crippen LogP) is 3.87. The zero-order valence-electron chi connectivity index (χ0n) is 10.6. The van der Waals surface area contributed by atoms with Crippen LogP contribution in [-0.4, -0.2) is 12.1 Å². The van der Waals surface area contributed by atoms with E-state index in [9.17, 15) is 4.39 Å². The lowest BCUT2D eigenvalue weighted by atomic mass is 10.2. The average molecular weight is 311 g/mol. The van der Waals surface area contributed by atoms with Crippen LogP contribution < -0.4 is 15.8 Å². The van der Waals surface area contributed by atoms with Gasteiger partial charge in [-0.25, -0.2) is 4.39 Å². The first-order chi connectivity index (χ1) is 9.51. The Morgan fingerprint density at radius 2 is 2.05 bits per heavy atom. The molecule has 3 N–H and O–H groups in total. The molecule has 0 heterocycles. The van der Waals surface area contributed by atoms with Gasteiger partial charge in [-0.3, -0.25) is 0 Å². The molecule has 0 saturated carbocycles. The number of methoxy groups -OCH3 is 1. The molecule has 0 unspecified atom stereocenters. The van der Waals surface area contributed by atoms with Crippen molar-refractivity contribution in [2.45, 2.75) is 0 Å². The Morgan fingerprint density at radius 3 is 2.65 bits per heavy atom. The Labute approximate surface area is 126 Å². The van der Waals surface area contributed by atoms with Crippen LogP contribution in [0.1, 0.15) is 5.56 Å². The third-order valence-corrected chi connectivity index (χ3v) is 3.24. The van der Waals surface area contributed by atoms with Crippen molar-refractivity contribution in [3.63, 3.8) is 0 Å². The largest absolute Gasteiger partial charge is 0.497 e. The quantitative estimate of drug-likeness (QED) is 0.842. The highest BCUT2D eigenvalue weighted by Crippen LogP contribution is 2.29. The second-order valence-electron chi connectivity index (χ2n) is 4.03. The topological polar surface area (TPSA) is 47.3 Å². The first kappa shape index (κ1) is 14.6. The van der Waals surface area contributed by atoms with E-state index in [4.69, 9.17) is 34.3 Å². The van der Waals surface area contributed by atoms with Crippen LogP contribution in [0.4, 0.5) is 15.8 Å². The molecule has 0 aromatic heterocycles. The molecule has 2 aromatic carbocycles. The van der Waals surface area contributed by atoms with Crippen LogP contribution in [0.25, 0.3) is 0 Å². The Balaban J connectivity index is 2.30. The molecule has 2 aromatic rings. The lowest BCUT2D eigenvalue weighted by Crippen LogP contribution is -2.11. The van der Waals surface area contributed by atoms with Crippen LogP contribution in [0.2, 0.25) is 5.02 Å². The number of hydrogen-bond acceptors (Lipinski definition) is 3. The van der Waals surface area contributed by atoms with Gasteiger partial charge in [-0.2, -0.15) is 0 Å². The zero-order chi connectivity index (χ0) is 14.7. The maximum atomic E-state index is 13.8. The fourth-order valence-corrected chi connectivity index (χ4v) is 2.01. The average Bonchev–Trinajstić information content (AvgIpc) is 2.41. The number of nitrogens with one attached hydrogen (secondary N) is 1. The number of halogens is 2. The fraction of sp³-hybridized carbons (Fsp3) is 0.0714. The van der Waals surface area contributed by atoms with Crippen molar-refractivity contribution in [2.75, 3.05) is 12.4 Å². The summed E-state index contributed by atoms with van der Waals surface area (Å²) in [6.07, 6.45) is 0. The van der Waals surface area contributed by atoms with E-state index < -0.39 is 5.82 Å². The molecule has 0 aliphatic heterocycles. The highest BCUT2D eigenvalue weighted by atomic mass is 35.5. The number of hydrogen-bond donors (Lipinski definition) is 2. The van der Waals surface area contributed by atoms with Crippen molar-refractivity contribution in [3.8, 4) is 5.75 Å². The molecule has 3 nitrogen and oxygen atoms in total. The zero-order valence-corrected chi connectivity index (χ0v) is 12.2. The van der Waals surface area contributed by atoms with Gasteiger partial charge in [-0.15, -0.1) is 0 Å². The number of thiocarbonyl (C=S) groups is 1. The second kappa shape index (κ2) is 6.07. The summed E-state index contributed by atoms with van der Waals surface area (Å²) >= 11 is 10.8. The van der Waals surface area contributed by atoms with E-state index in [2.05, 4.69) is 5.32 Å². The third-order valence-electron chi connectivity index (χ3n) is 2.69. The molecule has 0 atom stereocenters. The van der Waals surface area contributed by atoms with E-state index >= 15 is 0 Å². The lowest BCUT2D eigenvalue weighted by molar-refractivity contribution is 0.415. The summed E-state index contributed by atoms with van der Waals surface area (Å²) in [6, 6.07) is 9.67. The van der Waals surface area contributed by atoms with Crippen LogP contribution in [0.5, 0.6) is 5.75 Å². The molecule has 0 fully saturated rings. The second-order valence-corrected chi connectivity index (χ2v) is 4.88. The van der Waals surface area contributed by atoms with Crippen molar-refractivity contribution in [1.82, 2.24) is 0 Å². The minimum Gasteiger partial charge on any atom is -0.497 e. The minimum absolute atomic E-state index is 0.0217. The fourth-order valence-electron chi connectivity index (χ4n) is 1.68. The van der Waals surface area contributed by atoms with Crippen LogP contribution in [0.15, 0.2) is 36.4 Å². The molecular formula is C14H12ClFN2OS. The Morgan fingerprint density at radius 1 is 1.30 bits per heavy atom. The van der Waals surface area contributed by atoms with E-state index in [1.54, 1.807) is 31.4 Å². The monoisotopic (exact) mass is 310 g/mol. The van der Waals surface area contributed by atoms with Gasteiger partial charge in [0.05, 0.1) is 17.8 Å². The lowest BCUT2D eigenvalue weighted by Gasteiger charge is -2.11. The summed E-state index contributed by atoms with van der Waals surface area (Å²) in [7, 11) is 1.56. The van der Waals surface area contributed by atoms with E-state index in [0.717, 1.165) is 0 Å². The third kappa shape index (κ3) is 3.18. The summed E-state index contributed by atoms with van der Waals surface area (Å²) in [5, 5.41) is 3.52. The standard InChI is InChI=1S/C14H12ClFN2OS/c1-19-9-3-5-11(15)13(7-9)18-8-2-4-10(14(17)20)12(16)6-8/h2-7,18H,1H3,(H2,17,20). The summed E-state index contributed by atoms with van der Waals surface area (Å²) < 4.78 is 18.9. The van der Waals surface area contributed by atoms with Gasteiger partial charge in [0.2, 0.25) is 0 Å². The number of rotatable bonds is 4. The van der Waals surface area contributed by atoms with Gasteiger partial charge in [-0.05, 0) is 30.3 Å². The molecule has 2 rings (SSSR count). The molecule has 0 amide bonds. The summed E-state index contributed by atoms with van der Waals surface area (Å²) in [5.74, 6) is 0.165. The number of benzene rings is 2. The molecule has 0 spiro atoms. The van der Waals surface area contributed by atoms with Crippen LogP contribution in [0.3, 0.4) is 0 Å². The highest BCUT2D eigenvalue weighted by Gasteiger charge is 2.08. The van der Waals surface area contributed by atoms with Gasteiger partial charge in [0.1, 0.15) is 16.6 Å². The predicted molar refractivity (Wildman–Crippen MR) is 83.6 cm³/mol. The SMILES string of the molecule is COc1ccc(Cl)c(Nc2ccc(C(N)=S)c(F)c2)c1. The molecule has 0 saturated heterocycles. The maximum Gasteiger partial charge on any atom is 0.135 e. The van der Waals surface area contributed by atoms with Crippen molar-refractivity contribution in [3.05, 3.63) is 52.8 Å². The van der Waals surface area contributed by atoms with Crippen LogP contribution >= 0.6 is 23.8 Å². The van der Waals surface area contributed by atoms with Crippen molar-refractivity contribution >= 4 is 40.2 Å². The van der Waals surface area contributed by atoms with Crippen molar-refractivity contribution in [2.24, 2.45) is 5.73 Å². The molecular weight excluding hydrogens is 299 g/mol. The molecule has 0 radical (unpaired) electrons. The number of ether oxygens (including phenoxy) is 1. The number of nitrogens with two attached hydrogens (primary N) is 1. The maximum absolute atomic E-state index is 13.8. The molecule has 0 aliphatic carbocycles. The van der Waals surface area contributed by atoms with E-state index in [1.165, 1.54) is 12.1 Å². The summed E-state index contributed by atoms with van der Waals surface area (Å²) in [5.41, 5.74) is 6.78. The Bertz CT molecular complexity index is 664. The molecule has 0 aliphatic rings. The van der Waals surface area contributed by atoms with Gasteiger partial charge >= 0.3 is 0 Å². The van der Waals surface area contributed by atoms with Crippen molar-refractivity contribution < 1.29 is 9.13 Å². The normalized spacial score (nSPS) is 10.2. The van der Waals surface area contributed by atoms with Gasteiger partial charge in [-0.1, -0.05) is 23.8 Å². The Hall–Kier alpha value is -1.85. The summed E-state index contributed by atoms with van der Waals surface area (Å²) in [6.45, 7) is 0. The van der Waals surface area contributed by atoms with E-state index in [0.29, 0.717) is 22.1 Å². The molecule has 0 bridgehead atoms. The first-order valence-corrected chi connectivity index (χ1v) is 6.50. The molecule has 104 valence electrons. The summed E-state index contributed by atoms with van der Waals surface area (Å²) in [4.78, 5) is 0.0217. The van der Waals surface area contributed by atoms with Crippen LogP contribution in [0, 0.1) is 5.82 Å².